The summed E-state index contributed by atoms with van der Waals surface area (Å²) in [6.07, 6.45) is 7.01. The van der Waals surface area contributed by atoms with Gasteiger partial charge in [-0.25, -0.2) is 4.68 Å². The van der Waals surface area contributed by atoms with Crippen LogP contribution in [0.4, 0.5) is 0 Å². The number of rotatable bonds is 1. The fourth-order valence-corrected chi connectivity index (χ4v) is 2.07. The molecule has 2 aliphatic rings. The minimum absolute atomic E-state index is 0.127. The molecule has 1 aromatic heterocycles. The first kappa shape index (κ1) is 7.06. The minimum atomic E-state index is 0.127. The molecule has 1 fully saturated rings. The molecule has 13 heavy (non-hydrogen) atoms. The van der Waals surface area contributed by atoms with Crippen molar-refractivity contribution in [3.63, 3.8) is 0 Å². The Morgan fingerprint density at radius 2 is 2.54 bits per heavy atom. The third-order valence-corrected chi connectivity index (χ3v) is 2.88. The molecule has 2 atom stereocenters. The number of ketones is 1. The second-order valence-corrected chi connectivity index (χ2v) is 3.79. The Labute approximate surface area is 76.1 Å². The molecule has 0 bridgehead atoms. The molecule has 2 heterocycles. The van der Waals surface area contributed by atoms with Gasteiger partial charge in [0.15, 0.2) is 5.78 Å². The smallest absolute Gasteiger partial charge is 0.163 e. The summed E-state index contributed by atoms with van der Waals surface area (Å²) in [4.78, 5) is 11.3. The van der Waals surface area contributed by atoms with E-state index in [2.05, 4.69) is 11.2 Å². The molecule has 0 radical (unpaired) electrons. The standard InChI is InChI=1S/C10H10N2O/c1-6(13)9-5-11-12-3-2-7-4-8(7)10(9)12/h2-3,5,7-8H,4H2,1H3. The van der Waals surface area contributed by atoms with Crippen molar-refractivity contribution in [3.05, 3.63) is 23.5 Å². The first-order valence-corrected chi connectivity index (χ1v) is 4.54. The Morgan fingerprint density at radius 1 is 1.69 bits per heavy atom. The van der Waals surface area contributed by atoms with Crippen molar-refractivity contribution in [2.24, 2.45) is 5.92 Å². The van der Waals surface area contributed by atoms with Crippen molar-refractivity contribution in [2.45, 2.75) is 19.3 Å². The number of Topliss-reactive ketones (excluding diaryl/α,β-unsaturated/α-hetero) is 1. The molecule has 0 N–H and O–H groups in total. The molecule has 1 saturated carbocycles. The third-order valence-electron chi connectivity index (χ3n) is 2.88. The van der Waals surface area contributed by atoms with Gasteiger partial charge >= 0.3 is 0 Å². The lowest BCUT2D eigenvalue weighted by molar-refractivity contribution is 0.101. The molecule has 3 nitrogen and oxygen atoms in total. The molecule has 2 unspecified atom stereocenters. The molecule has 1 aliphatic heterocycles. The maximum atomic E-state index is 11.3. The van der Waals surface area contributed by atoms with E-state index in [1.165, 1.54) is 6.42 Å². The third kappa shape index (κ3) is 0.842. The highest BCUT2D eigenvalue weighted by molar-refractivity contribution is 5.95. The van der Waals surface area contributed by atoms with Crippen LogP contribution in [-0.4, -0.2) is 15.6 Å². The van der Waals surface area contributed by atoms with Crippen molar-refractivity contribution in [2.75, 3.05) is 0 Å². The second-order valence-electron chi connectivity index (χ2n) is 3.79. The highest BCUT2D eigenvalue weighted by Crippen LogP contribution is 2.51. The van der Waals surface area contributed by atoms with Gasteiger partial charge in [-0.15, -0.1) is 0 Å². The molecular weight excluding hydrogens is 164 g/mol. The fraction of sp³-hybridized carbons (Fsp3) is 0.400. The molecule has 3 rings (SSSR count). The van der Waals surface area contributed by atoms with Gasteiger partial charge in [-0.2, -0.15) is 5.10 Å². The summed E-state index contributed by atoms with van der Waals surface area (Å²) in [5.74, 6) is 1.36. The topological polar surface area (TPSA) is 34.9 Å². The zero-order valence-electron chi connectivity index (χ0n) is 7.40. The van der Waals surface area contributed by atoms with Crippen LogP contribution in [0.2, 0.25) is 0 Å². The predicted octanol–water partition coefficient (Wildman–Crippen LogP) is 1.67. The van der Waals surface area contributed by atoms with Gasteiger partial charge in [0.25, 0.3) is 0 Å². The van der Waals surface area contributed by atoms with E-state index < -0.39 is 0 Å². The average Bonchev–Trinajstić information content (AvgIpc) is 2.76. The van der Waals surface area contributed by atoms with E-state index in [4.69, 9.17) is 0 Å². The van der Waals surface area contributed by atoms with Crippen molar-refractivity contribution in [3.8, 4) is 0 Å². The van der Waals surface area contributed by atoms with Crippen LogP contribution in [0, 0.1) is 5.92 Å². The molecule has 1 aromatic rings. The first-order chi connectivity index (χ1) is 6.27. The second kappa shape index (κ2) is 2.10. The van der Waals surface area contributed by atoms with Gasteiger partial charge in [-0.1, -0.05) is 6.08 Å². The summed E-state index contributed by atoms with van der Waals surface area (Å²) < 4.78 is 1.84. The maximum absolute atomic E-state index is 11.3. The monoisotopic (exact) mass is 174 g/mol. The molecule has 0 spiro atoms. The Hall–Kier alpha value is -1.38. The lowest BCUT2D eigenvalue weighted by atomic mass is 10.1. The summed E-state index contributed by atoms with van der Waals surface area (Å²) in [7, 11) is 0. The van der Waals surface area contributed by atoms with Crippen LogP contribution in [-0.2, 0) is 0 Å². The van der Waals surface area contributed by atoms with Gasteiger partial charge in [-0.3, -0.25) is 4.79 Å². The summed E-state index contributed by atoms with van der Waals surface area (Å²) in [6, 6.07) is 0. The molecule has 0 amide bonds. The van der Waals surface area contributed by atoms with Crippen LogP contribution in [0.5, 0.6) is 0 Å². The van der Waals surface area contributed by atoms with Gasteiger partial charge in [0.05, 0.1) is 17.5 Å². The van der Waals surface area contributed by atoms with Crippen molar-refractivity contribution < 1.29 is 4.79 Å². The van der Waals surface area contributed by atoms with Crippen molar-refractivity contribution in [1.29, 1.82) is 0 Å². The molecule has 1 aliphatic carbocycles. The average molecular weight is 174 g/mol. The fourth-order valence-electron chi connectivity index (χ4n) is 2.07. The number of carbonyl (C=O) groups excluding carboxylic acids is 1. The zero-order valence-corrected chi connectivity index (χ0v) is 7.40. The van der Waals surface area contributed by atoms with E-state index in [1.54, 1.807) is 13.1 Å². The molecule has 3 heteroatoms. The van der Waals surface area contributed by atoms with Crippen LogP contribution < -0.4 is 0 Å². The van der Waals surface area contributed by atoms with Gasteiger partial charge in [0.2, 0.25) is 0 Å². The van der Waals surface area contributed by atoms with Gasteiger partial charge < -0.3 is 0 Å². The van der Waals surface area contributed by atoms with Crippen LogP contribution in [0.1, 0.15) is 35.3 Å². The van der Waals surface area contributed by atoms with E-state index in [9.17, 15) is 4.79 Å². The number of aromatic nitrogens is 2. The largest absolute Gasteiger partial charge is 0.294 e. The van der Waals surface area contributed by atoms with Gasteiger partial charge in [-0.05, 0) is 19.3 Å². The maximum Gasteiger partial charge on any atom is 0.163 e. The van der Waals surface area contributed by atoms with Crippen LogP contribution >= 0.6 is 0 Å². The number of carbonyl (C=O) groups is 1. The number of hydrogen-bond donors (Lipinski definition) is 0. The summed E-state index contributed by atoms with van der Waals surface area (Å²) in [5, 5.41) is 4.16. The number of hydrogen-bond acceptors (Lipinski definition) is 2. The lowest BCUT2D eigenvalue weighted by Gasteiger charge is -2.07. The van der Waals surface area contributed by atoms with E-state index in [1.807, 2.05) is 10.9 Å². The highest BCUT2D eigenvalue weighted by Gasteiger charge is 2.42. The van der Waals surface area contributed by atoms with E-state index >= 15 is 0 Å². The normalized spacial score (nSPS) is 28.1. The van der Waals surface area contributed by atoms with Crippen LogP contribution in [0.15, 0.2) is 12.3 Å². The number of allylic oxidation sites excluding steroid dienone is 1. The van der Waals surface area contributed by atoms with E-state index in [-0.39, 0.29) is 5.78 Å². The highest BCUT2D eigenvalue weighted by atomic mass is 16.1. The van der Waals surface area contributed by atoms with Crippen LogP contribution in [0.3, 0.4) is 0 Å². The van der Waals surface area contributed by atoms with Gasteiger partial charge in [0.1, 0.15) is 0 Å². The van der Waals surface area contributed by atoms with Gasteiger partial charge in [0, 0.05) is 12.1 Å². The lowest BCUT2D eigenvalue weighted by Crippen LogP contribution is -2.04. The van der Waals surface area contributed by atoms with Crippen LogP contribution in [0.25, 0.3) is 6.20 Å². The molecular formula is C10H10N2O. The van der Waals surface area contributed by atoms with E-state index in [0.29, 0.717) is 11.8 Å². The quantitative estimate of drug-likeness (QED) is 0.607. The van der Waals surface area contributed by atoms with Crippen molar-refractivity contribution in [1.82, 2.24) is 9.78 Å². The Morgan fingerprint density at radius 3 is 3.31 bits per heavy atom. The zero-order chi connectivity index (χ0) is 9.00. The van der Waals surface area contributed by atoms with Crippen molar-refractivity contribution >= 4 is 12.0 Å². The SMILES string of the molecule is CC(=O)c1cnn2c1C1CC1C=C2. The summed E-state index contributed by atoms with van der Waals surface area (Å²) in [5.41, 5.74) is 1.93. The Bertz CT molecular complexity index is 417. The van der Waals surface area contributed by atoms with E-state index in [0.717, 1.165) is 11.3 Å². The number of fused-ring (bicyclic) bond motifs is 3. The predicted molar refractivity (Wildman–Crippen MR) is 48.4 cm³/mol. The summed E-state index contributed by atoms with van der Waals surface area (Å²) in [6.45, 7) is 1.60. The Balaban J connectivity index is 2.20. The first-order valence-electron chi connectivity index (χ1n) is 4.54. The number of nitrogens with zero attached hydrogens (tertiary/aromatic N) is 2. The Kier molecular flexibility index (Phi) is 1.14. The minimum Gasteiger partial charge on any atom is -0.294 e. The summed E-state index contributed by atoms with van der Waals surface area (Å²) >= 11 is 0. The molecule has 0 saturated heterocycles. The molecule has 0 aromatic carbocycles. The molecule has 66 valence electrons.